The van der Waals surface area contributed by atoms with Gasteiger partial charge in [-0.1, -0.05) is 33.6 Å². The average Bonchev–Trinajstić information content (AvgIpc) is 2.65. The molecular formula is C14H29NS. The van der Waals surface area contributed by atoms with Gasteiger partial charge in [-0.05, 0) is 44.4 Å². The van der Waals surface area contributed by atoms with Crippen molar-refractivity contribution in [2.75, 3.05) is 12.3 Å². The smallest absolute Gasteiger partial charge is 0.0285 e. The molecular weight excluding hydrogens is 214 g/mol. The fraction of sp³-hybridized carbons (Fsp3) is 1.00. The molecule has 1 nitrogen and oxygen atoms in total. The second kappa shape index (κ2) is 6.90. The molecule has 0 aromatic heterocycles. The highest BCUT2D eigenvalue weighted by atomic mass is 32.2. The summed E-state index contributed by atoms with van der Waals surface area (Å²) < 4.78 is 0.507. The van der Waals surface area contributed by atoms with E-state index >= 15 is 0 Å². The summed E-state index contributed by atoms with van der Waals surface area (Å²) in [6.45, 7) is 10.5. The van der Waals surface area contributed by atoms with Crippen LogP contribution in [0.5, 0.6) is 0 Å². The Labute approximate surface area is 106 Å². The molecule has 1 heterocycles. The van der Waals surface area contributed by atoms with Crippen LogP contribution in [0.1, 0.15) is 59.8 Å². The van der Waals surface area contributed by atoms with E-state index in [1.165, 1.54) is 37.9 Å². The quantitative estimate of drug-likeness (QED) is 0.723. The van der Waals surface area contributed by atoms with Crippen molar-refractivity contribution in [1.29, 1.82) is 0 Å². The van der Waals surface area contributed by atoms with Crippen molar-refractivity contribution in [3.63, 3.8) is 0 Å². The van der Waals surface area contributed by atoms with Crippen LogP contribution in [0.4, 0.5) is 0 Å². The number of hydrogen-bond donors (Lipinski definition) is 1. The molecule has 0 aliphatic carbocycles. The SMILES string of the molecule is CCNC(CCCC(C)C)C1(C)CCCS1. The highest BCUT2D eigenvalue weighted by molar-refractivity contribution is 8.00. The van der Waals surface area contributed by atoms with Gasteiger partial charge in [0.15, 0.2) is 0 Å². The molecule has 1 fully saturated rings. The lowest BCUT2D eigenvalue weighted by molar-refractivity contribution is 0.366. The van der Waals surface area contributed by atoms with Crippen LogP contribution in [0.2, 0.25) is 0 Å². The lowest BCUT2D eigenvalue weighted by Gasteiger charge is -2.34. The summed E-state index contributed by atoms with van der Waals surface area (Å²) in [5, 5.41) is 3.72. The summed E-state index contributed by atoms with van der Waals surface area (Å²) in [6.07, 6.45) is 6.92. The Kier molecular flexibility index (Phi) is 6.20. The zero-order chi connectivity index (χ0) is 12.0. The van der Waals surface area contributed by atoms with Gasteiger partial charge in [0.25, 0.3) is 0 Å². The van der Waals surface area contributed by atoms with Gasteiger partial charge in [-0.3, -0.25) is 0 Å². The van der Waals surface area contributed by atoms with E-state index in [1.807, 2.05) is 0 Å². The van der Waals surface area contributed by atoms with Crippen molar-refractivity contribution in [3.05, 3.63) is 0 Å². The Hall–Kier alpha value is 0.310. The molecule has 1 N–H and O–H groups in total. The topological polar surface area (TPSA) is 12.0 Å². The molecule has 2 unspecified atom stereocenters. The lowest BCUT2D eigenvalue weighted by Crippen LogP contribution is -2.45. The number of hydrogen-bond acceptors (Lipinski definition) is 2. The number of rotatable bonds is 7. The minimum absolute atomic E-state index is 0.507. The molecule has 2 heteroatoms. The summed E-state index contributed by atoms with van der Waals surface area (Å²) in [6, 6.07) is 0.726. The zero-order valence-electron chi connectivity index (χ0n) is 11.5. The second-order valence-corrected chi connectivity index (χ2v) is 7.33. The summed E-state index contributed by atoms with van der Waals surface area (Å²) in [5.41, 5.74) is 0. The van der Waals surface area contributed by atoms with Gasteiger partial charge in [-0.25, -0.2) is 0 Å². The van der Waals surface area contributed by atoms with Crippen molar-refractivity contribution >= 4 is 11.8 Å². The van der Waals surface area contributed by atoms with Crippen molar-refractivity contribution in [2.45, 2.75) is 70.6 Å². The van der Waals surface area contributed by atoms with E-state index in [2.05, 4.69) is 44.8 Å². The molecule has 2 atom stereocenters. The molecule has 1 aliphatic heterocycles. The van der Waals surface area contributed by atoms with Crippen LogP contribution in [0, 0.1) is 5.92 Å². The summed E-state index contributed by atoms with van der Waals surface area (Å²) in [4.78, 5) is 0. The maximum atomic E-state index is 3.72. The standard InChI is InChI=1S/C14H29NS/c1-5-15-13(9-6-8-12(2)3)14(4)10-7-11-16-14/h12-13,15H,5-11H2,1-4H3. The molecule has 0 spiro atoms. The van der Waals surface area contributed by atoms with Gasteiger partial charge in [0.1, 0.15) is 0 Å². The largest absolute Gasteiger partial charge is 0.313 e. The van der Waals surface area contributed by atoms with Crippen LogP contribution in [-0.2, 0) is 0 Å². The van der Waals surface area contributed by atoms with E-state index in [4.69, 9.17) is 0 Å². The molecule has 16 heavy (non-hydrogen) atoms. The van der Waals surface area contributed by atoms with Crippen molar-refractivity contribution < 1.29 is 0 Å². The van der Waals surface area contributed by atoms with Crippen molar-refractivity contribution in [2.24, 2.45) is 5.92 Å². The predicted molar refractivity (Wildman–Crippen MR) is 76.3 cm³/mol. The van der Waals surface area contributed by atoms with Gasteiger partial charge in [0.05, 0.1) is 0 Å². The first kappa shape index (κ1) is 14.4. The normalized spacial score (nSPS) is 27.6. The molecule has 0 saturated carbocycles. The first-order valence-corrected chi connectivity index (χ1v) is 7.94. The van der Waals surface area contributed by atoms with Gasteiger partial charge in [0.2, 0.25) is 0 Å². The molecule has 0 amide bonds. The molecule has 1 rings (SSSR count). The molecule has 0 radical (unpaired) electrons. The summed E-state index contributed by atoms with van der Waals surface area (Å²) in [7, 11) is 0. The fourth-order valence-corrected chi connectivity index (χ4v) is 4.12. The van der Waals surface area contributed by atoms with Crippen LogP contribution >= 0.6 is 11.8 Å². The van der Waals surface area contributed by atoms with E-state index in [1.54, 1.807) is 0 Å². The van der Waals surface area contributed by atoms with Gasteiger partial charge in [-0.15, -0.1) is 0 Å². The van der Waals surface area contributed by atoms with E-state index in [-0.39, 0.29) is 0 Å². The Morgan fingerprint density at radius 3 is 2.56 bits per heavy atom. The second-order valence-electron chi connectivity index (χ2n) is 5.70. The minimum Gasteiger partial charge on any atom is -0.313 e. The average molecular weight is 243 g/mol. The summed E-state index contributed by atoms with van der Waals surface area (Å²) >= 11 is 2.19. The molecule has 1 saturated heterocycles. The molecule has 0 bridgehead atoms. The summed E-state index contributed by atoms with van der Waals surface area (Å²) in [5.74, 6) is 2.22. The number of nitrogens with one attached hydrogen (secondary N) is 1. The third kappa shape index (κ3) is 4.29. The Bertz CT molecular complexity index is 185. The lowest BCUT2D eigenvalue weighted by atomic mass is 9.91. The number of thioether (sulfide) groups is 1. The van der Waals surface area contributed by atoms with Crippen LogP contribution in [0.3, 0.4) is 0 Å². The molecule has 0 aromatic rings. The van der Waals surface area contributed by atoms with Crippen LogP contribution < -0.4 is 5.32 Å². The van der Waals surface area contributed by atoms with E-state index in [0.29, 0.717) is 4.75 Å². The van der Waals surface area contributed by atoms with Crippen LogP contribution in [0.15, 0.2) is 0 Å². The monoisotopic (exact) mass is 243 g/mol. The van der Waals surface area contributed by atoms with E-state index < -0.39 is 0 Å². The van der Waals surface area contributed by atoms with E-state index in [9.17, 15) is 0 Å². The van der Waals surface area contributed by atoms with Gasteiger partial charge in [-0.2, -0.15) is 11.8 Å². The molecule has 96 valence electrons. The molecule has 1 aliphatic rings. The maximum Gasteiger partial charge on any atom is 0.0285 e. The minimum atomic E-state index is 0.507. The third-order valence-electron chi connectivity index (χ3n) is 3.71. The van der Waals surface area contributed by atoms with Crippen LogP contribution in [-0.4, -0.2) is 23.1 Å². The highest BCUT2D eigenvalue weighted by Crippen LogP contribution is 2.41. The Morgan fingerprint density at radius 1 is 1.31 bits per heavy atom. The van der Waals surface area contributed by atoms with Gasteiger partial charge >= 0.3 is 0 Å². The van der Waals surface area contributed by atoms with Crippen molar-refractivity contribution in [3.8, 4) is 0 Å². The maximum absolute atomic E-state index is 3.72. The van der Waals surface area contributed by atoms with Gasteiger partial charge in [0, 0.05) is 10.8 Å². The Morgan fingerprint density at radius 2 is 2.06 bits per heavy atom. The van der Waals surface area contributed by atoms with Gasteiger partial charge < -0.3 is 5.32 Å². The first-order valence-electron chi connectivity index (χ1n) is 6.96. The Balaban J connectivity index is 2.40. The van der Waals surface area contributed by atoms with E-state index in [0.717, 1.165) is 18.5 Å². The highest BCUT2D eigenvalue weighted by Gasteiger charge is 2.36. The third-order valence-corrected chi connectivity index (χ3v) is 5.35. The van der Waals surface area contributed by atoms with Crippen molar-refractivity contribution in [1.82, 2.24) is 5.32 Å². The fourth-order valence-electron chi connectivity index (χ4n) is 2.68. The first-order chi connectivity index (χ1) is 7.58. The molecule has 0 aromatic carbocycles. The predicted octanol–water partition coefficient (Wildman–Crippen LogP) is 4.08. The zero-order valence-corrected chi connectivity index (χ0v) is 12.3. The van der Waals surface area contributed by atoms with Crippen LogP contribution in [0.25, 0.3) is 0 Å².